The molecule has 7 aromatic rings. The van der Waals surface area contributed by atoms with Gasteiger partial charge in [0.05, 0.1) is 40.6 Å². The highest BCUT2D eigenvalue weighted by Gasteiger charge is 2.24. The van der Waals surface area contributed by atoms with Gasteiger partial charge in [-0.2, -0.15) is 0 Å². The van der Waals surface area contributed by atoms with Gasteiger partial charge in [-0.15, -0.1) is 0 Å². The molecule has 0 aliphatic carbocycles. The molecule has 36 heavy (non-hydrogen) atoms. The van der Waals surface area contributed by atoms with Crippen LogP contribution in [0.25, 0.3) is 49.4 Å². The third-order valence-corrected chi connectivity index (χ3v) is 7.58. The number of pyridine rings is 1. The first-order chi connectivity index (χ1) is 23.4. The van der Waals surface area contributed by atoms with E-state index in [0.717, 1.165) is 4.57 Å². The van der Waals surface area contributed by atoms with Crippen molar-refractivity contribution in [2.24, 2.45) is 0 Å². The van der Waals surface area contributed by atoms with Gasteiger partial charge in [-0.25, -0.2) is 17.4 Å². The number of aryl methyl sites for hydroxylation is 1. The Balaban J connectivity index is 1.80. The van der Waals surface area contributed by atoms with Crippen molar-refractivity contribution >= 4 is 53.8 Å². The highest BCUT2D eigenvalue weighted by atomic mass is 32.2. The summed E-state index contributed by atoms with van der Waals surface area (Å²) in [6.07, 6.45) is -0.734. The minimum Gasteiger partial charge on any atom is -0.294 e. The lowest BCUT2D eigenvalue weighted by Crippen LogP contribution is -2.12. The van der Waals surface area contributed by atoms with Crippen LogP contribution >= 0.6 is 0 Å². The molecular formula is C30H21N3O2S. The lowest BCUT2D eigenvalue weighted by atomic mass is 10.1. The second kappa shape index (κ2) is 7.54. The van der Waals surface area contributed by atoms with Crippen molar-refractivity contribution in [2.45, 2.75) is 11.8 Å². The van der Waals surface area contributed by atoms with Crippen molar-refractivity contribution in [1.82, 2.24) is 13.5 Å². The van der Waals surface area contributed by atoms with Gasteiger partial charge < -0.3 is 0 Å². The minimum atomic E-state index is -4.77. The minimum absolute atomic E-state index is 0.301. The number of hydrogen-bond donors (Lipinski definition) is 0. The van der Waals surface area contributed by atoms with Crippen molar-refractivity contribution < 1.29 is 27.6 Å². The van der Waals surface area contributed by atoms with Gasteiger partial charge in [0.15, 0.2) is 0 Å². The fourth-order valence-corrected chi connectivity index (χ4v) is 5.68. The predicted octanol–water partition coefficient (Wildman–Crippen LogP) is 6.83. The predicted molar refractivity (Wildman–Crippen MR) is 145 cm³/mol. The standard InChI is InChI=1S/C30H21N3O2S/c1-20-12-15-22(16-13-20)36(34,35)33-28-11-5-3-8-24(28)26-19-21(14-17-29(26)33)32-27-10-4-2-7-23(27)25-9-6-18-31-30(25)32/h2-19H,1H3/i2D,3D,4D,5D,6D,7D,8D,9D,10D,11D,14D,17D,18D,19D. The Morgan fingerprint density at radius 3 is 2.14 bits per heavy atom. The zero-order chi connectivity index (χ0) is 36.6. The summed E-state index contributed by atoms with van der Waals surface area (Å²) in [5, 5.41) is -1.56. The van der Waals surface area contributed by atoms with Crippen LogP contribution in [0, 0.1) is 6.92 Å². The molecule has 0 fully saturated rings. The van der Waals surface area contributed by atoms with Crippen LogP contribution in [-0.2, 0) is 10.0 Å². The maximum Gasteiger partial charge on any atom is 0.268 e. The molecule has 4 aromatic carbocycles. The van der Waals surface area contributed by atoms with Crippen LogP contribution in [0.4, 0.5) is 0 Å². The van der Waals surface area contributed by atoms with E-state index in [4.69, 9.17) is 16.4 Å². The van der Waals surface area contributed by atoms with E-state index in [1.54, 1.807) is 6.92 Å². The molecule has 0 aliphatic heterocycles. The highest BCUT2D eigenvalue weighted by molar-refractivity contribution is 7.90. The van der Waals surface area contributed by atoms with E-state index in [1.807, 2.05) is 0 Å². The zero-order valence-electron chi connectivity index (χ0n) is 32.4. The number of hydrogen-bond acceptors (Lipinski definition) is 3. The molecule has 0 radical (unpaired) electrons. The fourth-order valence-electron chi connectivity index (χ4n) is 4.24. The molecule has 0 N–H and O–H groups in total. The quantitative estimate of drug-likeness (QED) is 0.267. The van der Waals surface area contributed by atoms with Gasteiger partial charge in [-0.05, 0) is 61.4 Å². The number of aromatic nitrogens is 3. The van der Waals surface area contributed by atoms with Gasteiger partial charge in [-0.3, -0.25) is 4.57 Å². The highest BCUT2D eigenvalue weighted by Crippen LogP contribution is 2.36. The second-order valence-corrected chi connectivity index (χ2v) is 9.77. The SMILES string of the molecule is [2H]c1nc2c(c([2H])c1[2H])c1c([2H])c([2H])c([2H])c([2H])c1n2-c1c([2H])c([2H])c2c(c1[2H])c1c([2H])c([2H])c([2H])c([2H])c1n2S(=O)(=O)c1ccc(C)cc1. The van der Waals surface area contributed by atoms with E-state index in [9.17, 15) is 11.2 Å². The molecule has 0 unspecified atom stereocenters. The smallest absolute Gasteiger partial charge is 0.268 e. The van der Waals surface area contributed by atoms with E-state index in [1.165, 1.54) is 24.3 Å². The first kappa shape index (κ1) is 11.1. The van der Waals surface area contributed by atoms with Gasteiger partial charge in [0.2, 0.25) is 0 Å². The Kier molecular flexibility index (Phi) is 2.32. The zero-order valence-corrected chi connectivity index (χ0v) is 19.2. The van der Waals surface area contributed by atoms with Crippen LogP contribution in [-0.4, -0.2) is 21.9 Å². The molecule has 0 aliphatic rings. The van der Waals surface area contributed by atoms with E-state index in [-0.39, 0.29) is 15.7 Å². The molecular weight excluding hydrogens is 466 g/mol. The van der Waals surface area contributed by atoms with E-state index < -0.39 is 133 Å². The van der Waals surface area contributed by atoms with Gasteiger partial charge in [0, 0.05) is 33.4 Å². The Morgan fingerprint density at radius 1 is 0.722 bits per heavy atom. The van der Waals surface area contributed by atoms with Gasteiger partial charge in [0.1, 0.15) is 5.65 Å². The number of nitrogens with zero attached hydrogens (tertiary/aromatic N) is 3. The Bertz CT molecular complexity index is 2830. The Hall–Kier alpha value is -4.42. The summed E-state index contributed by atoms with van der Waals surface area (Å²) < 4.78 is 151. The first-order valence-electron chi connectivity index (χ1n) is 17.6. The van der Waals surface area contributed by atoms with Crippen LogP contribution in [0.1, 0.15) is 24.8 Å². The third kappa shape index (κ3) is 2.88. The Labute approximate surface area is 227 Å². The summed E-state index contributed by atoms with van der Waals surface area (Å²) in [6.45, 7) is 1.72. The number of benzene rings is 4. The van der Waals surface area contributed by atoms with Crippen molar-refractivity contribution in [3.05, 3.63) is 115 Å². The molecule has 0 saturated carbocycles. The van der Waals surface area contributed by atoms with Crippen LogP contribution in [0.15, 0.2) is 114 Å². The summed E-state index contributed by atoms with van der Waals surface area (Å²) in [6, 6.07) is -4.14. The van der Waals surface area contributed by atoms with Crippen molar-refractivity contribution in [3.8, 4) is 5.69 Å². The molecule has 3 aromatic heterocycles. The molecule has 0 amide bonds. The van der Waals surface area contributed by atoms with E-state index in [0.29, 0.717) is 9.54 Å². The van der Waals surface area contributed by atoms with Gasteiger partial charge in [0.25, 0.3) is 10.0 Å². The average molecular weight is 502 g/mol. The molecule has 0 bridgehead atoms. The van der Waals surface area contributed by atoms with Crippen LogP contribution in [0.3, 0.4) is 0 Å². The van der Waals surface area contributed by atoms with E-state index >= 15 is 0 Å². The van der Waals surface area contributed by atoms with Crippen LogP contribution in [0.5, 0.6) is 0 Å². The van der Waals surface area contributed by atoms with Crippen LogP contribution in [0.2, 0.25) is 0 Å². The number of fused-ring (bicyclic) bond motifs is 6. The van der Waals surface area contributed by atoms with Crippen molar-refractivity contribution in [3.63, 3.8) is 0 Å². The fraction of sp³-hybridized carbons (Fsp3) is 0.0333. The number of para-hydroxylation sites is 2. The van der Waals surface area contributed by atoms with Gasteiger partial charge in [-0.1, -0.05) is 54.0 Å². The normalized spacial score (nSPS) is 17.7. The maximum atomic E-state index is 14.3. The largest absolute Gasteiger partial charge is 0.294 e. The summed E-state index contributed by atoms with van der Waals surface area (Å²) >= 11 is 0. The number of rotatable bonds is 3. The lowest BCUT2D eigenvalue weighted by molar-refractivity contribution is 0.590. The Morgan fingerprint density at radius 2 is 1.36 bits per heavy atom. The molecule has 0 saturated heterocycles. The molecule has 7 rings (SSSR count). The van der Waals surface area contributed by atoms with Crippen LogP contribution < -0.4 is 0 Å². The maximum absolute atomic E-state index is 14.3. The third-order valence-electron chi connectivity index (χ3n) is 5.87. The van der Waals surface area contributed by atoms with E-state index in [2.05, 4.69) is 4.98 Å². The summed E-state index contributed by atoms with van der Waals surface area (Å²) in [5.74, 6) is 0. The average Bonchev–Trinajstić information content (AvgIpc) is 3.61. The molecule has 0 spiro atoms. The van der Waals surface area contributed by atoms with Crippen molar-refractivity contribution in [1.29, 1.82) is 0 Å². The van der Waals surface area contributed by atoms with Gasteiger partial charge >= 0.3 is 0 Å². The topological polar surface area (TPSA) is 56.9 Å². The molecule has 6 heteroatoms. The molecule has 174 valence electrons. The van der Waals surface area contributed by atoms with Crippen molar-refractivity contribution in [2.75, 3.05) is 0 Å². The summed E-state index contributed by atoms with van der Waals surface area (Å²) in [4.78, 5) is 3.77. The lowest BCUT2D eigenvalue weighted by Gasteiger charge is -2.11. The molecule has 0 atom stereocenters. The monoisotopic (exact) mass is 501 g/mol. The second-order valence-electron chi connectivity index (χ2n) is 7.98. The summed E-state index contributed by atoms with van der Waals surface area (Å²) in [5.41, 5.74) is -1.92. The summed E-state index contributed by atoms with van der Waals surface area (Å²) in [7, 11) is -4.77. The first-order valence-corrected chi connectivity index (χ1v) is 12.0. The molecule has 5 nitrogen and oxygen atoms in total. The molecule has 3 heterocycles.